The minimum atomic E-state index is -0.487. The number of aliphatic hydroxyl groups is 1. The molecule has 1 atom stereocenters. The van der Waals surface area contributed by atoms with Gasteiger partial charge in [-0.05, 0) is 38.0 Å². The van der Waals surface area contributed by atoms with Gasteiger partial charge in [0.2, 0.25) is 0 Å². The molecule has 0 aliphatic carbocycles. The van der Waals surface area contributed by atoms with E-state index in [1.165, 1.54) is 103 Å². The molecule has 0 aliphatic rings. The lowest BCUT2D eigenvalue weighted by Gasteiger charge is -2.19. The van der Waals surface area contributed by atoms with Gasteiger partial charge >= 0.3 is 17.9 Å². The van der Waals surface area contributed by atoms with Crippen LogP contribution in [0.3, 0.4) is 0 Å². The number of hydrogen-bond donors (Lipinski definition) is 1. The minimum absolute atomic E-state index is 0.0157. The Balaban J connectivity index is 4.26. The van der Waals surface area contributed by atoms with E-state index in [0.717, 1.165) is 38.5 Å². The van der Waals surface area contributed by atoms with Crippen molar-refractivity contribution in [3.63, 3.8) is 0 Å². The van der Waals surface area contributed by atoms with Crippen LogP contribution in [0.5, 0.6) is 0 Å². The van der Waals surface area contributed by atoms with Gasteiger partial charge in [-0.15, -0.1) is 0 Å². The molecular formula is C44H84O9. The zero-order valence-corrected chi connectivity index (χ0v) is 35.0. The summed E-state index contributed by atoms with van der Waals surface area (Å²) < 4.78 is 28.3. The van der Waals surface area contributed by atoms with Crippen LogP contribution < -0.4 is 0 Å². The summed E-state index contributed by atoms with van der Waals surface area (Å²) in [5.74, 6) is -0.753. The van der Waals surface area contributed by atoms with Gasteiger partial charge in [-0.3, -0.25) is 14.4 Å². The second-order valence-electron chi connectivity index (χ2n) is 15.1. The number of unbranched alkanes of at least 4 members (excludes halogenated alkanes) is 16. The van der Waals surface area contributed by atoms with Crippen LogP contribution in [-0.2, 0) is 38.1 Å². The maximum Gasteiger partial charge on any atom is 0.305 e. The van der Waals surface area contributed by atoms with Crippen molar-refractivity contribution in [1.29, 1.82) is 0 Å². The number of esters is 3. The fourth-order valence-corrected chi connectivity index (χ4v) is 6.29. The molecule has 0 rings (SSSR count). The SMILES string of the molecule is CCCCCCCCOC(CCC(=O)OCC(CO)COC(=O)CCCCCC(=O)OCCC(CCCCC)CCCCC)OCCCCCCCC. The summed E-state index contributed by atoms with van der Waals surface area (Å²) in [6, 6.07) is 0. The van der Waals surface area contributed by atoms with Crippen molar-refractivity contribution in [2.45, 2.75) is 214 Å². The van der Waals surface area contributed by atoms with E-state index in [-0.39, 0.29) is 50.6 Å². The molecule has 314 valence electrons. The minimum Gasteiger partial charge on any atom is -0.466 e. The molecule has 0 aliphatic heterocycles. The summed E-state index contributed by atoms with van der Waals surface area (Å²) in [7, 11) is 0. The zero-order chi connectivity index (χ0) is 39.0. The zero-order valence-electron chi connectivity index (χ0n) is 35.0. The van der Waals surface area contributed by atoms with Gasteiger partial charge in [0.25, 0.3) is 0 Å². The molecule has 0 bridgehead atoms. The van der Waals surface area contributed by atoms with E-state index in [2.05, 4.69) is 27.7 Å². The first kappa shape index (κ1) is 51.3. The summed E-state index contributed by atoms with van der Waals surface area (Å²) in [5, 5.41) is 9.77. The quantitative estimate of drug-likeness (QED) is 0.0281. The summed E-state index contributed by atoms with van der Waals surface area (Å²) in [6.45, 7) is 10.3. The lowest BCUT2D eigenvalue weighted by atomic mass is 9.92. The highest BCUT2D eigenvalue weighted by Crippen LogP contribution is 2.21. The standard InChI is InChI=1S/C44H84O9/c1-5-9-13-15-17-24-33-50-44(51-34-25-18-16-14-10-6-2)31-30-43(48)53-38-40(36-45)37-52-42(47)29-23-19-22-28-41(46)49-35-32-39(26-20-11-7-3)27-21-12-8-4/h39-40,44-45H,5-38H2,1-4H3. The van der Waals surface area contributed by atoms with Gasteiger partial charge in [0.15, 0.2) is 6.29 Å². The smallest absolute Gasteiger partial charge is 0.305 e. The average Bonchev–Trinajstić information content (AvgIpc) is 3.15. The Hall–Kier alpha value is -1.71. The number of hydrogen-bond acceptors (Lipinski definition) is 9. The molecule has 0 radical (unpaired) electrons. The predicted octanol–water partition coefficient (Wildman–Crippen LogP) is 11.2. The molecule has 9 nitrogen and oxygen atoms in total. The Morgan fingerprint density at radius 1 is 0.415 bits per heavy atom. The monoisotopic (exact) mass is 757 g/mol. The molecule has 0 saturated carbocycles. The van der Waals surface area contributed by atoms with Crippen molar-refractivity contribution < 1.29 is 43.2 Å². The number of carbonyl (C=O) groups is 3. The van der Waals surface area contributed by atoms with E-state index in [1.807, 2.05) is 0 Å². The lowest BCUT2D eigenvalue weighted by molar-refractivity contribution is -0.161. The van der Waals surface area contributed by atoms with Crippen LogP contribution >= 0.6 is 0 Å². The average molecular weight is 757 g/mol. The second-order valence-corrected chi connectivity index (χ2v) is 15.1. The number of rotatable bonds is 41. The summed E-state index contributed by atoms with van der Waals surface area (Å²) in [5.41, 5.74) is 0. The Bertz CT molecular complexity index is 793. The van der Waals surface area contributed by atoms with Crippen LogP contribution in [-0.4, -0.2) is 68.9 Å². The third kappa shape index (κ3) is 35.7. The first-order chi connectivity index (χ1) is 25.9. The fraction of sp³-hybridized carbons (Fsp3) is 0.932. The Labute approximate surface area is 325 Å². The van der Waals surface area contributed by atoms with Gasteiger partial charge in [0.05, 0.1) is 38.8 Å². The highest BCUT2D eigenvalue weighted by molar-refractivity contribution is 5.70. The molecule has 0 aromatic carbocycles. The van der Waals surface area contributed by atoms with Crippen LogP contribution in [0, 0.1) is 11.8 Å². The van der Waals surface area contributed by atoms with Crippen molar-refractivity contribution >= 4 is 17.9 Å². The maximum absolute atomic E-state index is 12.5. The van der Waals surface area contributed by atoms with Crippen molar-refractivity contribution in [1.82, 2.24) is 0 Å². The van der Waals surface area contributed by atoms with Gasteiger partial charge in [0.1, 0.15) is 0 Å². The molecule has 0 aromatic rings. The van der Waals surface area contributed by atoms with E-state index >= 15 is 0 Å². The molecule has 0 aromatic heterocycles. The maximum atomic E-state index is 12.5. The largest absolute Gasteiger partial charge is 0.466 e. The summed E-state index contributed by atoms with van der Waals surface area (Å²) in [6.07, 6.45) is 27.8. The van der Waals surface area contributed by atoms with Gasteiger partial charge in [-0.1, -0.05) is 150 Å². The summed E-state index contributed by atoms with van der Waals surface area (Å²) in [4.78, 5) is 37.1. The van der Waals surface area contributed by atoms with Crippen molar-refractivity contribution in [3.8, 4) is 0 Å². The van der Waals surface area contributed by atoms with Crippen LogP contribution in [0.1, 0.15) is 207 Å². The molecule has 1 N–H and O–H groups in total. The van der Waals surface area contributed by atoms with Gasteiger partial charge < -0.3 is 28.8 Å². The molecule has 9 heteroatoms. The first-order valence-electron chi connectivity index (χ1n) is 22.2. The van der Waals surface area contributed by atoms with E-state index in [0.29, 0.717) is 51.4 Å². The molecule has 0 saturated heterocycles. The van der Waals surface area contributed by atoms with Gasteiger partial charge in [0, 0.05) is 32.5 Å². The molecule has 53 heavy (non-hydrogen) atoms. The first-order valence-corrected chi connectivity index (χ1v) is 22.2. The number of aliphatic hydroxyl groups excluding tert-OH is 1. The lowest BCUT2D eigenvalue weighted by Crippen LogP contribution is -2.25. The third-order valence-electron chi connectivity index (χ3n) is 9.89. The predicted molar refractivity (Wildman–Crippen MR) is 215 cm³/mol. The topological polar surface area (TPSA) is 118 Å². The molecular weight excluding hydrogens is 672 g/mol. The molecule has 0 fully saturated rings. The Morgan fingerprint density at radius 2 is 0.830 bits per heavy atom. The number of carbonyl (C=O) groups excluding carboxylic acids is 3. The fourth-order valence-electron chi connectivity index (χ4n) is 6.29. The summed E-state index contributed by atoms with van der Waals surface area (Å²) >= 11 is 0. The van der Waals surface area contributed by atoms with Crippen molar-refractivity contribution in [2.75, 3.05) is 39.6 Å². The van der Waals surface area contributed by atoms with Crippen LogP contribution in [0.25, 0.3) is 0 Å². The Kier molecular flexibility index (Phi) is 38.7. The van der Waals surface area contributed by atoms with E-state index < -0.39 is 12.2 Å². The highest BCUT2D eigenvalue weighted by Gasteiger charge is 2.17. The second kappa shape index (κ2) is 40.0. The van der Waals surface area contributed by atoms with Crippen molar-refractivity contribution in [3.05, 3.63) is 0 Å². The van der Waals surface area contributed by atoms with E-state index in [1.54, 1.807) is 0 Å². The molecule has 0 spiro atoms. The van der Waals surface area contributed by atoms with Crippen LogP contribution in [0.15, 0.2) is 0 Å². The number of ether oxygens (including phenoxy) is 5. The van der Waals surface area contributed by atoms with Crippen LogP contribution in [0.4, 0.5) is 0 Å². The normalized spacial score (nSPS) is 12.1. The Morgan fingerprint density at radius 3 is 1.32 bits per heavy atom. The van der Waals surface area contributed by atoms with E-state index in [4.69, 9.17) is 23.7 Å². The van der Waals surface area contributed by atoms with Crippen LogP contribution in [0.2, 0.25) is 0 Å². The molecule has 0 heterocycles. The highest BCUT2D eigenvalue weighted by atomic mass is 16.7. The van der Waals surface area contributed by atoms with Crippen molar-refractivity contribution in [2.24, 2.45) is 11.8 Å². The van der Waals surface area contributed by atoms with Gasteiger partial charge in [-0.25, -0.2) is 0 Å². The molecule has 0 amide bonds. The third-order valence-corrected chi connectivity index (χ3v) is 9.89. The van der Waals surface area contributed by atoms with E-state index in [9.17, 15) is 19.5 Å². The van der Waals surface area contributed by atoms with Gasteiger partial charge in [-0.2, -0.15) is 0 Å². The molecule has 1 unspecified atom stereocenters.